The van der Waals surface area contributed by atoms with E-state index >= 15 is 0 Å². The summed E-state index contributed by atoms with van der Waals surface area (Å²) in [6.07, 6.45) is 2.01. The van der Waals surface area contributed by atoms with Gasteiger partial charge in [-0.2, -0.15) is 0 Å². The summed E-state index contributed by atoms with van der Waals surface area (Å²) in [7, 11) is 0. The summed E-state index contributed by atoms with van der Waals surface area (Å²) in [6.45, 7) is 9.13. The Hall–Kier alpha value is -1.35. The van der Waals surface area contributed by atoms with Gasteiger partial charge in [0.2, 0.25) is 5.91 Å². The van der Waals surface area contributed by atoms with Gasteiger partial charge in [0, 0.05) is 6.04 Å². The lowest BCUT2D eigenvalue weighted by molar-refractivity contribution is -0.132. The number of rotatable bonds is 2. The van der Waals surface area contributed by atoms with Gasteiger partial charge >= 0.3 is 0 Å². The molecule has 3 nitrogen and oxygen atoms in total. The minimum absolute atomic E-state index is 0.0345. The molecule has 1 N–H and O–H groups in total. The Balaban J connectivity index is 1.75. The molecule has 2 aliphatic carbocycles. The summed E-state index contributed by atoms with van der Waals surface area (Å²) in [6, 6.07) is 10.7. The molecule has 1 atom stereocenters. The fraction of sp³-hybridized carbons (Fsp3) is 0.611. The van der Waals surface area contributed by atoms with Crippen LogP contribution in [0.5, 0.6) is 0 Å². The van der Waals surface area contributed by atoms with Crippen LogP contribution in [0.4, 0.5) is 0 Å². The Morgan fingerprint density at radius 1 is 1.05 bits per heavy atom. The van der Waals surface area contributed by atoms with Crippen molar-refractivity contribution in [1.82, 2.24) is 10.2 Å². The van der Waals surface area contributed by atoms with Crippen molar-refractivity contribution in [3.05, 3.63) is 35.9 Å². The van der Waals surface area contributed by atoms with Crippen molar-refractivity contribution in [3.63, 3.8) is 0 Å². The molecule has 112 valence electrons. The minimum Gasteiger partial charge on any atom is -0.317 e. The van der Waals surface area contributed by atoms with Crippen LogP contribution in [0.1, 0.15) is 52.3 Å². The monoisotopic (exact) mass is 284 g/mol. The van der Waals surface area contributed by atoms with Crippen LogP contribution in [-0.4, -0.2) is 22.4 Å². The molecule has 3 aliphatic rings. The van der Waals surface area contributed by atoms with Gasteiger partial charge in [0.05, 0.1) is 0 Å². The van der Waals surface area contributed by atoms with E-state index in [1.165, 1.54) is 5.56 Å². The number of nitrogens with zero attached hydrogens (tertiary/aromatic N) is 1. The van der Waals surface area contributed by atoms with Crippen LogP contribution >= 0.6 is 0 Å². The molecule has 0 radical (unpaired) electrons. The first kappa shape index (κ1) is 13.3. The number of hydrogen-bond acceptors (Lipinski definition) is 2. The van der Waals surface area contributed by atoms with E-state index in [0.29, 0.717) is 11.9 Å². The predicted molar refractivity (Wildman–Crippen MR) is 82.5 cm³/mol. The minimum atomic E-state index is -0.255. The van der Waals surface area contributed by atoms with Gasteiger partial charge in [0.1, 0.15) is 11.7 Å². The van der Waals surface area contributed by atoms with Crippen molar-refractivity contribution in [2.45, 2.75) is 58.3 Å². The van der Waals surface area contributed by atoms with Gasteiger partial charge in [-0.15, -0.1) is 0 Å². The second kappa shape index (κ2) is 3.70. The quantitative estimate of drug-likeness (QED) is 0.905. The summed E-state index contributed by atoms with van der Waals surface area (Å²) in [5.74, 6) is 0.319. The van der Waals surface area contributed by atoms with Gasteiger partial charge in [0.25, 0.3) is 0 Å². The molecule has 21 heavy (non-hydrogen) atoms. The van der Waals surface area contributed by atoms with E-state index in [0.717, 1.165) is 12.8 Å². The summed E-state index contributed by atoms with van der Waals surface area (Å²) in [5, 5.41) is 3.63. The standard InChI is InChI=1S/C18H24N2O/c1-16(2)14(17(16,3)4)20-13(12-8-6-5-7-9-12)19-18(10-11-18)15(20)21/h5-9,13-14,19H,10-11H2,1-4H3. The molecule has 1 heterocycles. The Labute approximate surface area is 126 Å². The van der Waals surface area contributed by atoms with E-state index in [4.69, 9.17) is 0 Å². The van der Waals surface area contributed by atoms with Crippen LogP contribution in [-0.2, 0) is 4.79 Å². The van der Waals surface area contributed by atoms with E-state index in [-0.39, 0.29) is 22.5 Å². The van der Waals surface area contributed by atoms with E-state index in [2.05, 4.69) is 62.2 Å². The zero-order valence-corrected chi connectivity index (χ0v) is 13.3. The molecule has 1 spiro atoms. The van der Waals surface area contributed by atoms with Crippen molar-refractivity contribution >= 4 is 5.91 Å². The van der Waals surface area contributed by atoms with E-state index in [9.17, 15) is 4.79 Å². The third-order valence-electron chi connectivity index (χ3n) is 6.42. The molecule has 3 fully saturated rings. The van der Waals surface area contributed by atoms with Gasteiger partial charge in [0.15, 0.2) is 0 Å². The molecule has 1 amide bonds. The SMILES string of the molecule is CC1(C)C(N2C(=O)C3(CC3)NC2c2ccccc2)C1(C)C. The van der Waals surface area contributed by atoms with E-state index in [1.54, 1.807) is 0 Å². The van der Waals surface area contributed by atoms with Crippen LogP contribution in [0.15, 0.2) is 30.3 Å². The first-order valence-electron chi connectivity index (χ1n) is 7.97. The smallest absolute Gasteiger partial charge is 0.244 e. The van der Waals surface area contributed by atoms with Crippen LogP contribution < -0.4 is 5.32 Å². The van der Waals surface area contributed by atoms with Gasteiger partial charge in [-0.25, -0.2) is 0 Å². The maximum Gasteiger partial charge on any atom is 0.244 e. The molecule has 0 bridgehead atoms. The number of amides is 1. The molecule has 0 aromatic heterocycles. The van der Waals surface area contributed by atoms with Crippen molar-refractivity contribution in [1.29, 1.82) is 0 Å². The van der Waals surface area contributed by atoms with E-state index in [1.807, 2.05) is 6.07 Å². The molecule has 1 saturated heterocycles. The first-order chi connectivity index (χ1) is 9.81. The summed E-state index contributed by atoms with van der Waals surface area (Å²) in [4.78, 5) is 15.1. The summed E-state index contributed by atoms with van der Waals surface area (Å²) >= 11 is 0. The topological polar surface area (TPSA) is 32.3 Å². The highest BCUT2D eigenvalue weighted by atomic mass is 16.2. The highest BCUT2D eigenvalue weighted by Crippen LogP contribution is 2.68. The molecule has 2 saturated carbocycles. The van der Waals surface area contributed by atoms with Crippen LogP contribution in [0.3, 0.4) is 0 Å². The van der Waals surface area contributed by atoms with Crippen molar-refractivity contribution in [3.8, 4) is 0 Å². The molecule has 3 heteroatoms. The Kier molecular flexibility index (Phi) is 2.34. The highest BCUT2D eigenvalue weighted by Gasteiger charge is 2.73. The van der Waals surface area contributed by atoms with Crippen LogP contribution in [0.25, 0.3) is 0 Å². The second-order valence-electron chi connectivity index (χ2n) is 8.10. The van der Waals surface area contributed by atoms with Gasteiger partial charge in [-0.3, -0.25) is 10.1 Å². The molecule has 1 aliphatic heterocycles. The Morgan fingerprint density at radius 2 is 1.62 bits per heavy atom. The Bertz CT molecular complexity index is 587. The van der Waals surface area contributed by atoms with Crippen molar-refractivity contribution in [2.24, 2.45) is 10.8 Å². The number of hydrogen-bond donors (Lipinski definition) is 1. The number of carbonyl (C=O) groups is 1. The van der Waals surface area contributed by atoms with Crippen molar-refractivity contribution in [2.75, 3.05) is 0 Å². The fourth-order valence-electron chi connectivity index (χ4n) is 4.24. The number of nitrogens with one attached hydrogen (secondary N) is 1. The predicted octanol–water partition coefficient (Wildman–Crippen LogP) is 3.08. The summed E-state index contributed by atoms with van der Waals surface area (Å²) in [5.41, 5.74) is 1.30. The van der Waals surface area contributed by atoms with Crippen LogP contribution in [0, 0.1) is 10.8 Å². The van der Waals surface area contributed by atoms with Crippen molar-refractivity contribution < 1.29 is 4.79 Å². The molecule has 4 rings (SSSR count). The third-order valence-corrected chi connectivity index (χ3v) is 6.42. The average Bonchev–Trinajstić information content (AvgIpc) is 3.26. The fourth-order valence-corrected chi connectivity index (χ4v) is 4.24. The largest absolute Gasteiger partial charge is 0.317 e. The lowest BCUT2D eigenvalue weighted by atomic mass is 10.0. The van der Waals surface area contributed by atoms with Crippen LogP contribution in [0.2, 0.25) is 0 Å². The van der Waals surface area contributed by atoms with Gasteiger partial charge in [-0.1, -0.05) is 58.0 Å². The molecular formula is C18H24N2O. The molecule has 1 aromatic rings. The molecule has 1 aromatic carbocycles. The second-order valence-corrected chi connectivity index (χ2v) is 8.10. The lowest BCUT2D eigenvalue weighted by Gasteiger charge is -2.27. The molecule has 1 unspecified atom stereocenters. The first-order valence-corrected chi connectivity index (χ1v) is 7.97. The van der Waals surface area contributed by atoms with Gasteiger partial charge in [-0.05, 0) is 29.2 Å². The highest BCUT2D eigenvalue weighted by molar-refractivity contribution is 5.92. The number of benzene rings is 1. The lowest BCUT2D eigenvalue weighted by Crippen LogP contribution is -2.36. The maximum absolute atomic E-state index is 13.0. The zero-order valence-electron chi connectivity index (χ0n) is 13.3. The van der Waals surface area contributed by atoms with Gasteiger partial charge < -0.3 is 4.90 Å². The van der Waals surface area contributed by atoms with E-state index < -0.39 is 0 Å². The third kappa shape index (κ3) is 1.56. The Morgan fingerprint density at radius 3 is 2.10 bits per heavy atom. The molecular weight excluding hydrogens is 260 g/mol. The average molecular weight is 284 g/mol. The summed E-state index contributed by atoms with van der Waals surface area (Å²) < 4.78 is 0. The number of carbonyl (C=O) groups excluding carboxylic acids is 1. The normalized spacial score (nSPS) is 31.7. The maximum atomic E-state index is 13.0. The zero-order chi connectivity index (χ0) is 15.0.